The first-order valence-corrected chi connectivity index (χ1v) is 7.74. The molecule has 0 saturated carbocycles. The van der Waals surface area contributed by atoms with Crippen LogP contribution in [0.3, 0.4) is 0 Å². The van der Waals surface area contributed by atoms with E-state index in [1.165, 1.54) is 0 Å². The molecule has 0 aliphatic carbocycles. The van der Waals surface area contributed by atoms with Crippen LogP contribution in [0.25, 0.3) is 17.1 Å². The highest BCUT2D eigenvalue weighted by Crippen LogP contribution is 2.19. The van der Waals surface area contributed by atoms with Crippen LogP contribution in [0.2, 0.25) is 0 Å². The molecule has 1 saturated heterocycles. The van der Waals surface area contributed by atoms with Gasteiger partial charge in [0.05, 0.1) is 6.54 Å². The zero-order valence-electron chi connectivity index (χ0n) is 13.1. The molecule has 0 bridgehead atoms. The number of nitrogens with one attached hydrogen (secondary N) is 1. The number of hydrogen-bond acceptors (Lipinski definition) is 7. The third kappa shape index (κ3) is 2.73. The van der Waals surface area contributed by atoms with Crippen molar-refractivity contribution in [2.75, 3.05) is 6.61 Å². The average molecular weight is 328 g/mol. The summed E-state index contributed by atoms with van der Waals surface area (Å²) in [6, 6.07) is 3.65. The van der Waals surface area contributed by atoms with Gasteiger partial charge in [-0.05, 0) is 31.9 Å². The molecule has 1 atom stereocenters. The Labute approximate surface area is 137 Å². The quantitative estimate of drug-likeness (QED) is 0.757. The first-order valence-electron chi connectivity index (χ1n) is 7.74. The van der Waals surface area contributed by atoms with Crippen LogP contribution in [-0.2, 0) is 16.1 Å². The Hall–Kier alpha value is -2.81. The summed E-state index contributed by atoms with van der Waals surface area (Å²) < 4.78 is 12.3. The van der Waals surface area contributed by atoms with E-state index in [2.05, 4.69) is 25.7 Å². The SMILES string of the molecule is Cc1noc(-c2ccn3c(CNC(=O)C4CCCO4)nnc3c2)n1. The Kier molecular flexibility index (Phi) is 3.69. The molecule has 0 aromatic carbocycles. The summed E-state index contributed by atoms with van der Waals surface area (Å²) in [4.78, 5) is 16.2. The van der Waals surface area contributed by atoms with Crippen molar-refractivity contribution in [1.82, 2.24) is 30.1 Å². The lowest BCUT2D eigenvalue weighted by Crippen LogP contribution is -2.34. The zero-order valence-corrected chi connectivity index (χ0v) is 13.1. The van der Waals surface area contributed by atoms with Crippen molar-refractivity contribution in [3.05, 3.63) is 30.0 Å². The van der Waals surface area contributed by atoms with Crippen molar-refractivity contribution in [2.24, 2.45) is 0 Å². The maximum Gasteiger partial charge on any atom is 0.258 e. The number of rotatable bonds is 4. The van der Waals surface area contributed by atoms with Gasteiger partial charge in [0.15, 0.2) is 17.3 Å². The number of carbonyl (C=O) groups excluding carboxylic acids is 1. The summed E-state index contributed by atoms with van der Waals surface area (Å²) >= 11 is 0. The number of pyridine rings is 1. The van der Waals surface area contributed by atoms with E-state index in [4.69, 9.17) is 9.26 Å². The molecular weight excluding hydrogens is 312 g/mol. The van der Waals surface area contributed by atoms with E-state index in [9.17, 15) is 4.79 Å². The Morgan fingerprint density at radius 2 is 2.38 bits per heavy atom. The molecule has 3 aromatic heterocycles. The number of amides is 1. The number of aromatic nitrogens is 5. The lowest BCUT2D eigenvalue weighted by molar-refractivity contribution is -0.130. The molecular formula is C15H16N6O3. The second-order valence-corrected chi connectivity index (χ2v) is 5.63. The maximum absolute atomic E-state index is 12.0. The smallest absolute Gasteiger partial charge is 0.258 e. The topological polar surface area (TPSA) is 107 Å². The number of nitrogens with zero attached hydrogens (tertiary/aromatic N) is 5. The molecule has 1 unspecified atom stereocenters. The first kappa shape index (κ1) is 14.8. The average Bonchev–Trinajstić information content (AvgIpc) is 3.33. The molecule has 4 heterocycles. The second-order valence-electron chi connectivity index (χ2n) is 5.63. The third-order valence-corrected chi connectivity index (χ3v) is 3.90. The Morgan fingerprint density at radius 1 is 1.46 bits per heavy atom. The van der Waals surface area contributed by atoms with Crippen molar-refractivity contribution < 1.29 is 14.1 Å². The summed E-state index contributed by atoms with van der Waals surface area (Å²) in [6.45, 7) is 2.69. The minimum atomic E-state index is -0.350. The molecule has 124 valence electrons. The molecule has 1 aliphatic heterocycles. The van der Waals surface area contributed by atoms with Crippen LogP contribution in [0.4, 0.5) is 0 Å². The second kappa shape index (κ2) is 6.00. The molecule has 1 amide bonds. The third-order valence-electron chi connectivity index (χ3n) is 3.90. The summed E-state index contributed by atoms with van der Waals surface area (Å²) in [5, 5.41) is 14.9. The number of hydrogen-bond donors (Lipinski definition) is 1. The molecule has 0 spiro atoms. The van der Waals surface area contributed by atoms with E-state index in [0.717, 1.165) is 18.4 Å². The first-order chi connectivity index (χ1) is 11.7. The van der Waals surface area contributed by atoms with Crippen molar-refractivity contribution in [3.8, 4) is 11.5 Å². The van der Waals surface area contributed by atoms with Gasteiger partial charge in [-0.3, -0.25) is 9.20 Å². The normalized spacial score (nSPS) is 17.5. The lowest BCUT2D eigenvalue weighted by atomic mass is 10.2. The monoisotopic (exact) mass is 328 g/mol. The molecule has 1 N–H and O–H groups in total. The molecule has 3 aromatic rings. The van der Waals surface area contributed by atoms with Crippen LogP contribution in [0.1, 0.15) is 24.5 Å². The van der Waals surface area contributed by atoms with Gasteiger partial charge < -0.3 is 14.6 Å². The lowest BCUT2D eigenvalue weighted by Gasteiger charge is -2.09. The van der Waals surface area contributed by atoms with Crippen molar-refractivity contribution >= 4 is 11.6 Å². The van der Waals surface area contributed by atoms with Crippen LogP contribution in [0, 0.1) is 6.92 Å². The molecule has 9 heteroatoms. The van der Waals surface area contributed by atoms with E-state index < -0.39 is 0 Å². The van der Waals surface area contributed by atoms with Crippen molar-refractivity contribution in [1.29, 1.82) is 0 Å². The van der Waals surface area contributed by atoms with Gasteiger partial charge in [0, 0.05) is 18.4 Å². The molecule has 0 radical (unpaired) electrons. The van der Waals surface area contributed by atoms with Gasteiger partial charge in [-0.25, -0.2) is 0 Å². The van der Waals surface area contributed by atoms with Crippen LogP contribution in [0.5, 0.6) is 0 Å². The van der Waals surface area contributed by atoms with Crippen LogP contribution in [0.15, 0.2) is 22.9 Å². The van der Waals surface area contributed by atoms with E-state index in [-0.39, 0.29) is 12.0 Å². The zero-order chi connectivity index (χ0) is 16.5. The van der Waals surface area contributed by atoms with Crippen molar-refractivity contribution in [3.63, 3.8) is 0 Å². The van der Waals surface area contributed by atoms with Gasteiger partial charge in [-0.2, -0.15) is 4.98 Å². The van der Waals surface area contributed by atoms with E-state index in [1.807, 2.05) is 22.7 Å². The highest BCUT2D eigenvalue weighted by Gasteiger charge is 2.23. The predicted molar refractivity (Wildman–Crippen MR) is 81.8 cm³/mol. The fraction of sp³-hybridized carbons (Fsp3) is 0.400. The molecule has 1 fully saturated rings. The summed E-state index contributed by atoms with van der Waals surface area (Å²) in [6.07, 6.45) is 3.15. The molecule has 1 aliphatic rings. The number of fused-ring (bicyclic) bond motifs is 1. The van der Waals surface area contributed by atoms with Gasteiger partial charge in [0.25, 0.3) is 5.89 Å². The van der Waals surface area contributed by atoms with Gasteiger partial charge in [0.2, 0.25) is 5.91 Å². The summed E-state index contributed by atoms with van der Waals surface area (Å²) in [5.74, 6) is 1.54. The largest absolute Gasteiger partial charge is 0.368 e. The standard InChI is InChI=1S/C15H16N6O3/c1-9-17-15(24-20-9)10-4-5-21-12(7-10)18-19-13(21)8-16-14(22)11-3-2-6-23-11/h4-5,7,11H,2-3,6,8H2,1H3,(H,16,22). The number of ether oxygens (including phenoxy) is 1. The molecule has 24 heavy (non-hydrogen) atoms. The number of carbonyl (C=O) groups is 1. The Morgan fingerprint density at radius 3 is 3.12 bits per heavy atom. The van der Waals surface area contributed by atoms with E-state index >= 15 is 0 Å². The fourth-order valence-corrected chi connectivity index (χ4v) is 2.67. The highest BCUT2D eigenvalue weighted by atomic mass is 16.5. The molecule has 4 rings (SSSR count). The highest BCUT2D eigenvalue weighted by molar-refractivity contribution is 5.80. The van der Waals surface area contributed by atoms with E-state index in [0.29, 0.717) is 36.3 Å². The number of aryl methyl sites for hydroxylation is 1. The van der Waals surface area contributed by atoms with Gasteiger partial charge >= 0.3 is 0 Å². The van der Waals surface area contributed by atoms with Crippen LogP contribution >= 0.6 is 0 Å². The maximum atomic E-state index is 12.0. The van der Waals surface area contributed by atoms with E-state index in [1.54, 1.807) is 6.92 Å². The summed E-state index contributed by atoms with van der Waals surface area (Å²) in [7, 11) is 0. The van der Waals surface area contributed by atoms with Crippen LogP contribution in [-0.4, -0.2) is 43.4 Å². The van der Waals surface area contributed by atoms with Gasteiger partial charge in [0.1, 0.15) is 6.10 Å². The predicted octanol–water partition coefficient (Wildman–Crippen LogP) is 0.883. The minimum absolute atomic E-state index is 0.109. The van der Waals surface area contributed by atoms with Crippen LogP contribution < -0.4 is 5.32 Å². The Balaban J connectivity index is 1.51. The Bertz CT molecular complexity index is 880. The molecule has 9 nitrogen and oxygen atoms in total. The summed E-state index contributed by atoms with van der Waals surface area (Å²) in [5.41, 5.74) is 1.41. The fourth-order valence-electron chi connectivity index (χ4n) is 2.67. The van der Waals surface area contributed by atoms with Crippen molar-refractivity contribution in [2.45, 2.75) is 32.4 Å². The van der Waals surface area contributed by atoms with Gasteiger partial charge in [-0.15, -0.1) is 10.2 Å². The van der Waals surface area contributed by atoms with Gasteiger partial charge in [-0.1, -0.05) is 5.16 Å². The minimum Gasteiger partial charge on any atom is -0.368 e.